The summed E-state index contributed by atoms with van der Waals surface area (Å²) in [6.07, 6.45) is -0.505. The van der Waals surface area contributed by atoms with Crippen LogP contribution in [0.25, 0.3) is 0 Å². The van der Waals surface area contributed by atoms with Crippen molar-refractivity contribution in [2.24, 2.45) is 0 Å². The van der Waals surface area contributed by atoms with Crippen molar-refractivity contribution in [3.8, 4) is 11.5 Å². The Kier molecular flexibility index (Phi) is 4.33. The molecule has 1 rings (SSSR count). The van der Waals surface area contributed by atoms with E-state index in [0.29, 0.717) is 5.56 Å². The third-order valence-electron chi connectivity index (χ3n) is 2.10. The maximum Gasteiger partial charge on any atom is 0.220 e. The summed E-state index contributed by atoms with van der Waals surface area (Å²) in [5.41, 5.74) is 0.435. The summed E-state index contributed by atoms with van der Waals surface area (Å²) in [5.74, 6) is -1.94. The molecule has 0 bridgehead atoms. The highest BCUT2D eigenvalue weighted by Gasteiger charge is 2.05. The first-order chi connectivity index (χ1) is 7.99. The van der Waals surface area contributed by atoms with E-state index in [1.807, 2.05) is 0 Å². The smallest absolute Gasteiger partial charge is 0.220 e. The fraction of sp³-hybridized carbons (Fsp3) is 0.273. The topological polar surface area (TPSA) is 110 Å². The number of aliphatic carboxylic acids is 1. The number of carboxylic acid groups (broad SMARTS) is 1. The van der Waals surface area contributed by atoms with E-state index in [1.165, 1.54) is 12.1 Å². The van der Waals surface area contributed by atoms with Gasteiger partial charge in [0, 0.05) is 30.6 Å². The Balaban J connectivity index is 2.44. The maximum atomic E-state index is 11.2. The molecule has 3 N–H and O–H groups in total. The van der Waals surface area contributed by atoms with Gasteiger partial charge in [-0.2, -0.15) is 0 Å². The van der Waals surface area contributed by atoms with Crippen LogP contribution in [0.2, 0.25) is 0 Å². The molecule has 6 heteroatoms. The van der Waals surface area contributed by atoms with Crippen LogP contribution in [-0.4, -0.2) is 22.1 Å². The van der Waals surface area contributed by atoms with Gasteiger partial charge in [0.1, 0.15) is 11.5 Å². The zero-order chi connectivity index (χ0) is 12.8. The molecule has 0 saturated heterocycles. The Morgan fingerprint density at radius 1 is 1.24 bits per heavy atom. The lowest BCUT2D eigenvalue weighted by molar-refractivity contribution is -0.305. The first-order valence-electron chi connectivity index (χ1n) is 4.96. The summed E-state index contributed by atoms with van der Waals surface area (Å²) >= 11 is 0. The summed E-state index contributed by atoms with van der Waals surface area (Å²) in [5, 5.41) is 31.0. The van der Waals surface area contributed by atoms with E-state index in [2.05, 4.69) is 5.32 Å². The van der Waals surface area contributed by atoms with Crippen molar-refractivity contribution in [3.63, 3.8) is 0 Å². The summed E-state index contributed by atoms with van der Waals surface area (Å²) in [7, 11) is 0. The molecule has 1 aromatic carbocycles. The van der Waals surface area contributed by atoms with Crippen LogP contribution < -0.4 is 10.4 Å². The van der Waals surface area contributed by atoms with Crippen molar-refractivity contribution in [2.75, 3.05) is 0 Å². The van der Waals surface area contributed by atoms with Gasteiger partial charge in [0.05, 0.1) is 0 Å². The van der Waals surface area contributed by atoms with Crippen LogP contribution >= 0.6 is 0 Å². The minimum Gasteiger partial charge on any atom is -0.550 e. The van der Waals surface area contributed by atoms with Gasteiger partial charge < -0.3 is 25.4 Å². The van der Waals surface area contributed by atoms with E-state index in [-0.39, 0.29) is 30.9 Å². The normalized spacial score (nSPS) is 9.88. The van der Waals surface area contributed by atoms with E-state index in [4.69, 9.17) is 5.11 Å². The average molecular weight is 238 g/mol. The van der Waals surface area contributed by atoms with Gasteiger partial charge in [0.25, 0.3) is 0 Å². The van der Waals surface area contributed by atoms with Crippen LogP contribution in [0, 0.1) is 0 Å². The largest absolute Gasteiger partial charge is 0.550 e. The fourth-order valence-electron chi connectivity index (χ4n) is 1.20. The molecule has 0 fully saturated rings. The Hall–Kier alpha value is -2.24. The van der Waals surface area contributed by atoms with Crippen molar-refractivity contribution in [3.05, 3.63) is 23.8 Å². The fourth-order valence-corrected chi connectivity index (χ4v) is 1.20. The van der Waals surface area contributed by atoms with Crippen LogP contribution in [0.15, 0.2) is 18.2 Å². The van der Waals surface area contributed by atoms with Gasteiger partial charge >= 0.3 is 0 Å². The molecular formula is C11H12NO5-. The minimum absolute atomic E-state index is 0.0675. The number of rotatable bonds is 5. The molecule has 0 aliphatic rings. The first kappa shape index (κ1) is 12.8. The molecule has 1 amide bonds. The van der Waals surface area contributed by atoms with Crippen LogP contribution in [-0.2, 0) is 16.1 Å². The number of amides is 1. The zero-order valence-corrected chi connectivity index (χ0v) is 8.97. The molecule has 0 atom stereocenters. The Labute approximate surface area is 97.5 Å². The Bertz CT molecular complexity index is 430. The molecule has 0 aromatic heterocycles. The molecule has 0 spiro atoms. The van der Waals surface area contributed by atoms with Crippen molar-refractivity contribution >= 4 is 11.9 Å². The number of benzene rings is 1. The number of hydrogen-bond acceptors (Lipinski definition) is 5. The number of nitrogens with one attached hydrogen (secondary N) is 1. The summed E-state index contributed by atoms with van der Waals surface area (Å²) in [6, 6.07) is 3.99. The molecule has 0 unspecified atom stereocenters. The van der Waals surface area contributed by atoms with Crippen LogP contribution in [0.4, 0.5) is 0 Å². The zero-order valence-electron chi connectivity index (χ0n) is 8.97. The van der Waals surface area contributed by atoms with Crippen molar-refractivity contribution in [1.82, 2.24) is 5.32 Å². The molecule has 17 heavy (non-hydrogen) atoms. The lowest BCUT2D eigenvalue weighted by Gasteiger charge is -2.07. The van der Waals surface area contributed by atoms with Gasteiger partial charge in [-0.25, -0.2) is 0 Å². The number of aromatic hydroxyl groups is 2. The summed E-state index contributed by atoms with van der Waals surface area (Å²) < 4.78 is 0. The second-order valence-electron chi connectivity index (χ2n) is 3.46. The molecule has 1 aromatic rings. The highest BCUT2D eigenvalue weighted by atomic mass is 16.4. The van der Waals surface area contributed by atoms with Gasteiger partial charge in [0.2, 0.25) is 5.91 Å². The molecule has 0 aliphatic carbocycles. The van der Waals surface area contributed by atoms with Crippen molar-refractivity contribution in [2.45, 2.75) is 19.4 Å². The second-order valence-corrected chi connectivity index (χ2v) is 3.46. The summed E-state index contributed by atoms with van der Waals surface area (Å²) in [6.45, 7) is 0.0675. The van der Waals surface area contributed by atoms with Crippen LogP contribution in [0.5, 0.6) is 11.5 Å². The predicted molar refractivity (Wildman–Crippen MR) is 55.9 cm³/mol. The van der Waals surface area contributed by atoms with E-state index in [1.54, 1.807) is 0 Å². The molecule has 0 aliphatic heterocycles. The van der Waals surface area contributed by atoms with Gasteiger partial charge in [-0.1, -0.05) is 0 Å². The van der Waals surface area contributed by atoms with Gasteiger partial charge in [-0.15, -0.1) is 0 Å². The first-order valence-corrected chi connectivity index (χ1v) is 4.96. The highest BCUT2D eigenvalue weighted by Crippen LogP contribution is 2.22. The molecule has 6 nitrogen and oxygen atoms in total. The standard InChI is InChI=1S/C11H13NO5/c13-8-2-1-7(9(14)5-8)6-12-10(15)3-4-11(16)17/h1-2,5,13-14H,3-4,6H2,(H,12,15)(H,16,17)/p-1. The van der Waals surface area contributed by atoms with Crippen LogP contribution in [0.1, 0.15) is 18.4 Å². The second kappa shape index (κ2) is 5.74. The van der Waals surface area contributed by atoms with Crippen molar-refractivity contribution < 1.29 is 24.9 Å². The van der Waals surface area contributed by atoms with Gasteiger partial charge in [-0.3, -0.25) is 4.79 Å². The van der Waals surface area contributed by atoms with Gasteiger partial charge in [-0.05, 0) is 18.6 Å². The molecule has 0 radical (unpaired) electrons. The van der Waals surface area contributed by atoms with E-state index >= 15 is 0 Å². The molecule has 0 saturated carbocycles. The lowest BCUT2D eigenvalue weighted by Crippen LogP contribution is -2.27. The van der Waals surface area contributed by atoms with E-state index in [0.717, 1.165) is 6.07 Å². The lowest BCUT2D eigenvalue weighted by atomic mass is 10.2. The van der Waals surface area contributed by atoms with E-state index < -0.39 is 11.9 Å². The summed E-state index contributed by atoms with van der Waals surface area (Å²) in [4.78, 5) is 21.3. The molecular weight excluding hydrogens is 226 g/mol. The number of carboxylic acids is 1. The highest BCUT2D eigenvalue weighted by molar-refractivity contribution is 5.80. The number of hydrogen-bond donors (Lipinski definition) is 3. The molecule has 0 heterocycles. The monoisotopic (exact) mass is 238 g/mol. The number of phenols is 2. The molecule has 92 valence electrons. The number of carbonyl (C=O) groups is 2. The Morgan fingerprint density at radius 2 is 1.94 bits per heavy atom. The average Bonchev–Trinajstić information content (AvgIpc) is 2.25. The third-order valence-corrected chi connectivity index (χ3v) is 2.10. The predicted octanol–water partition coefficient (Wildman–Crippen LogP) is -0.756. The third kappa shape index (κ3) is 4.42. The SMILES string of the molecule is O=C([O-])CCC(=O)NCc1ccc(O)cc1O. The van der Waals surface area contributed by atoms with Crippen LogP contribution in [0.3, 0.4) is 0 Å². The van der Waals surface area contributed by atoms with E-state index in [9.17, 15) is 19.8 Å². The number of carbonyl (C=O) groups excluding carboxylic acids is 2. The van der Waals surface area contributed by atoms with Crippen molar-refractivity contribution in [1.29, 1.82) is 0 Å². The number of phenolic OH excluding ortho intramolecular Hbond substituents is 2. The quantitative estimate of drug-likeness (QED) is 0.624. The Morgan fingerprint density at radius 3 is 2.53 bits per heavy atom. The maximum absolute atomic E-state index is 11.2. The minimum atomic E-state index is -1.28. The van der Waals surface area contributed by atoms with Gasteiger partial charge in [0.15, 0.2) is 0 Å².